The van der Waals surface area contributed by atoms with Gasteiger partial charge in [0.25, 0.3) is 0 Å². The Hall–Kier alpha value is -3.91. The van der Waals surface area contributed by atoms with Crippen molar-refractivity contribution in [2.45, 2.75) is 24.4 Å². The Morgan fingerprint density at radius 2 is 1.71 bits per heavy atom. The highest BCUT2D eigenvalue weighted by Gasteiger charge is 2.31. The molecule has 0 radical (unpaired) electrons. The zero-order valence-electron chi connectivity index (χ0n) is 21.8. The summed E-state index contributed by atoms with van der Waals surface area (Å²) in [7, 11) is 3.25. The molecule has 3 aromatic carbocycles. The van der Waals surface area contributed by atoms with Crippen LogP contribution in [-0.4, -0.2) is 41.5 Å². The molecule has 5 aromatic rings. The Labute approximate surface area is 225 Å². The molecular weight excluding hydrogens is 501 g/mol. The van der Waals surface area contributed by atoms with E-state index in [1.807, 2.05) is 48.7 Å². The fraction of sp³-hybridized carbons (Fsp3) is 0.233. The summed E-state index contributed by atoms with van der Waals surface area (Å²) in [6.45, 7) is 4.79. The zero-order chi connectivity index (χ0) is 26.7. The number of imidazole rings is 1. The molecule has 0 aliphatic heterocycles. The number of nitrogens with zero attached hydrogens (tertiary/aromatic N) is 1. The van der Waals surface area contributed by atoms with E-state index in [0.29, 0.717) is 23.9 Å². The van der Waals surface area contributed by atoms with Crippen molar-refractivity contribution in [1.29, 1.82) is 0 Å². The average Bonchev–Trinajstić information content (AvgIpc) is 3.58. The number of aromatic amines is 2. The summed E-state index contributed by atoms with van der Waals surface area (Å²) < 4.78 is 30.7. The molecule has 8 heteroatoms. The van der Waals surface area contributed by atoms with E-state index in [-0.39, 0.29) is 5.82 Å². The first-order valence-corrected chi connectivity index (χ1v) is 13.3. The number of rotatable bonds is 10. The maximum atomic E-state index is 13.7. The van der Waals surface area contributed by atoms with Crippen molar-refractivity contribution in [2.75, 3.05) is 26.6 Å². The van der Waals surface area contributed by atoms with Crippen molar-refractivity contribution in [2.24, 2.45) is 0 Å². The highest BCUT2D eigenvalue weighted by molar-refractivity contribution is 7.99. The van der Waals surface area contributed by atoms with Gasteiger partial charge < -0.3 is 24.2 Å². The van der Waals surface area contributed by atoms with Crippen LogP contribution in [0.25, 0.3) is 22.2 Å². The van der Waals surface area contributed by atoms with Gasteiger partial charge in [-0.05, 0) is 66.2 Å². The number of thioether (sulfide) groups is 1. The van der Waals surface area contributed by atoms with E-state index in [1.165, 1.54) is 12.1 Å². The van der Waals surface area contributed by atoms with Crippen LogP contribution < -0.4 is 14.2 Å². The van der Waals surface area contributed by atoms with Gasteiger partial charge in [-0.15, -0.1) is 0 Å². The summed E-state index contributed by atoms with van der Waals surface area (Å²) in [6, 6.07) is 20.4. The molecule has 6 nitrogen and oxygen atoms in total. The Bertz CT molecular complexity index is 1540. The van der Waals surface area contributed by atoms with E-state index in [2.05, 4.69) is 23.8 Å². The van der Waals surface area contributed by atoms with Gasteiger partial charge in [-0.25, -0.2) is 9.37 Å². The second-order valence-corrected chi connectivity index (χ2v) is 10.5. The van der Waals surface area contributed by atoms with E-state index < -0.39 is 5.41 Å². The van der Waals surface area contributed by atoms with Crippen LogP contribution >= 0.6 is 11.8 Å². The molecule has 0 atom stereocenters. The lowest BCUT2D eigenvalue weighted by molar-refractivity contribution is 0.344. The van der Waals surface area contributed by atoms with Gasteiger partial charge >= 0.3 is 0 Å². The first-order valence-electron chi connectivity index (χ1n) is 12.3. The second kappa shape index (κ2) is 10.8. The van der Waals surface area contributed by atoms with Crippen molar-refractivity contribution in [1.82, 2.24) is 15.0 Å². The predicted octanol–water partition coefficient (Wildman–Crippen LogP) is 7.21. The lowest BCUT2D eigenvalue weighted by Crippen LogP contribution is -2.20. The SMILES string of the molecule is COc1ccc(C(C)(C)c2[nH]c(SCCOc3ccc4[nH]ccc4c3)nc2-c2ccc(F)cc2)cc1OC. The molecule has 0 fully saturated rings. The fourth-order valence-corrected chi connectivity index (χ4v) is 5.17. The van der Waals surface area contributed by atoms with Gasteiger partial charge in [-0.1, -0.05) is 31.7 Å². The summed E-state index contributed by atoms with van der Waals surface area (Å²) >= 11 is 1.59. The number of fused-ring (bicyclic) bond motifs is 1. The average molecular weight is 532 g/mol. The number of aromatic nitrogens is 3. The molecule has 0 aliphatic rings. The molecule has 2 aromatic heterocycles. The number of benzene rings is 3. The van der Waals surface area contributed by atoms with Crippen molar-refractivity contribution >= 4 is 22.7 Å². The third-order valence-corrected chi connectivity index (χ3v) is 7.48. The van der Waals surface area contributed by atoms with E-state index in [9.17, 15) is 4.39 Å². The number of halogens is 1. The Kier molecular flexibility index (Phi) is 7.33. The topological polar surface area (TPSA) is 72.2 Å². The number of ether oxygens (including phenoxy) is 3. The summed E-state index contributed by atoms with van der Waals surface area (Å²) in [4.78, 5) is 11.7. The lowest BCUT2D eigenvalue weighted by Gasteiger charge is -2.26. The fourth-order valence-electron chi connectivity index (χ4n) is 4.48. The number of hydrogen-bond donors (Lipinski definition) is 2. The Balaban J connectivity index is 1.39. The minimum absolute atomic E-state index is 0.283. The molecule has 0 aliphatic carbocycles. The maximum absolute atomic E-state index is 13.7. The van der Waals surface area contributed by atoms with Crippen LogP contribution in [0.4, 0.5) is 4.39 Å². The summed E-state index contributed by atoms with van der Waals surface area (Å²) in [5.74, 6) is 2.58. The van der Waals surface area contributed by atoms with Crippen LogP contribution in [0.5, 0.6) is 17.2 Å². The van der Waals surface area contributed by atoms with Crippen LogP contribution in [0.2, 0.25) is 0 Å². The van der Waals surface area contributed by atoms with Gasteiger partial charge in [0.05, 0.1) is 32.2 Å². The summed E-state index contributed by atoms with van der Waals surface area (Å²) in [5.41, 5.74) is 4.21. The number of methoxy groups -OCH3 is 2. The van der Waals surface area contributed by atoms with E-state index in [4.69, 9.17) is 19.2 Å². The summed E-state index contributed by atoms with van der Waals surface area (Å²) in [5, 5.41) is 1.89. The molecular formula is C30H30FN3O3S. The van der Waals surface area contributed by atoms with Gasteiger partial charge in [0.15, 0.2) is 16.7 Å². The Morgan fingerprint density at radius 1 is 0.921 bits per heavy atom. The van der Waals surface area contributed by atoms with Crippen molar-refractivity contribution in [3.8, 4) is 28.5 Å². The predicted molar refractivity (Wildman–Crippen MR) is 150 cm³/mol. The van der Waals surface area contributed by atoms with E-state index >= 15 is 0 Å². The van der Waals surface area contributed by atoms with Gasteiger partial charge in [-0.3, -0.25) is 0 Å². The van der Waals surface area contributed by atoms with Crippen LogP contribution in [0.1, 0.15) is 25.1 Å². The van der Waals surface area contributed by atoms with Crippen LogP contribution in [0.3, 0.4) is 0 Å². The Morgan fingerprint density at radius 3 is 2.47 bits per heavy atom. The molecule has 5 rings (SSSR count). The summed E-state index contributed by atoms with van der Waals surface area (Å²) in [6.07, 6.45) is 1.92. The lowest BCUT2D eigenvalue weighted by atomic mass is 9.79. The first-order chi connectivity index (χ1) is 18.4. The zero-order valence-corrected chi connectivity index (χ0v) is 22.6. The highest BCUT2D eigenvalue weighted by atomic mass is 32.2. The van der Waals surface area contributed by atoms with Gasteiger partial charge in [0.2, 0.25) is 0 Å². The molecule has 0 amide bonds. The van der Waals surface area contributed by atoms with E-state index in [1.54, 1.807) is 38.1 Å². The molecule has 0 saturated carbocycles. The molecule has 0 unspecified atom stereocenters. The quantitative estimate of drug-likeness (QED) is 0.147. The minimum atomic E-state index is -0.461. The van der Waals surface area contributed by atoms with Crippen molar-refractivity contribution < 1.29 is 18.6 Å². The third-order valence-electron chi connectivity index (χ3n) is 6.65. The second-order valence-electron chi connectivity index (χ2n) is 9.39. The molecule has 2 N–H and O–H groups in total. The smallest absolute Gasteiger partial charge is 0.166 e. The first kappa shape index (κ1) is 25.7. The van der Waals surface area contributed by atoms with Crippen LogP contribution in [0.15, 0.2) is 78.1 Å². The minimum Gasteiger partial charge on any atom is -0.493 e. The molecule has 2 heterocycles. The van der Waals surface area contributed by atoms with Gasteiger partial charge in [-0.2, -0.15) is 0 Å². The number of H-pyrrole nitrogens is 2. The highest BCUT2D eigenvalue weighted by Crippen LogP contribution is 2.41. The van der Waals surface area contributed by atoms with Crippen LogP contribution in [0, 0.1) is 5.82 Å². The molecule has 0 spiro atoms. The largest absolute Gasteiger partial charge is 0.493 e. The van der Waals surface area contributed by atoms with Crippen molar-refractivity contribution in [3.05, 3.63) is 90.0 Å². The maximum Gasteiger partial charge on any atom is 0.166 e. The molecule has 196 valence electrons. The standard InChI is InChI=1S/C30H30FN3O3S/c1-30(2,21-7-12-25(35-3)26(18-21)36-4)28-27(19-5-8-22(31)9-6-19)33-29(34-28)38-16-15-37-23-10-11-24-20(17-23)13-14-32-24/h5-14,17-18,32H,15-16H2,1-4H3,(H,33,34). The monoisotopic (exact) mass is 531 g/mol. The molecule has 38 heavy (non-hydrogen) atoms. The van der Waals surface area contributed by atoms with Crippen LogP contribution in [-0.2, 0) is 5.41 Å². The third kappa shape index (κ3) is 5.22. The normalized spacial score (nSPS) is 11.6. The number of nitrogens with one attached hydrogen (secondary N) is 2. The molecule has 0 saturated heterocycles. The van der Waals surface area contributed by atoms with Gasteiger partial charge in [0.1, 0.15) is 11.6 Å². The van der Waals surface area contributed by atoms with Gasteiger partial charge in [0, 0.05) is 33.8 Å². The van der Waals surface area contributed by atoms with Crippen molar-refractivity contribution in [3.63, 3.8) is 0 Å². The number of hydrogen-bond acceptors (Lipinski definition) is 5. The molecule has 0 bridgehead atoms. The van der Waals surface area contributed by atoms with E-state index in [0.717, 1.165) is 44.3 Å².